The number of pyridine rings is 1. The SMILES string of the molecule is CC(C)C1(N)CN(C(=O)c2ccccn2)C1. The van der Waals surface area contributed by atoms with E-state index in [9.17, 15) is 4.79 Å². The number of rotatable bonds is 2. The maximum Gasteiger partial charge on any atom is 0.272 e. The van der Waals surface area contributed by atoms with E-state index in [4.69, 9.17) is 5.73 Å². The van der Waals surface area contributed by atoms with Crippen LogP contribution in [0.3, 0.4) is 0 Å². The first-order chi connectivity index (χ1) is 7.53. The van der Waals surface area contributed by atoms with Crippen LogP contribution in [0, 0.1) is 5.92 Å². The zero-order valence-electron chi connectivity index (χ0n) is 9.68. The Morgan fingerprint density at radius 2 is 2.19 bits per heavy atom. The Balaban J connectivity index is 2.01. The topological polar surface area (TPSA) is 59.2 Å². The molecule has 1 saturated heterocycles. The van der Waals surface area contributed by atoms with Gasteiger partial charge in [0.2, 0.25) is 0 Å². The Morgan fingerprint density at radius 1 is 1.50 bits per heavy atom. The highest BCUT2D eigenvalue weighted by Gasteiger charge is 2.44. The predicted octanol–water partition coefficient (Wildman–Crippen LogP) is 0.891. The van der Waals surface area contributed by atoms with E-state index >= 15 is 0 Å². The number of aromatic nitrogens is 1. The molecule has 1 fully saturated rings. The second-order valence-corrected chi connectivity index (χ2v) is 4.76. The molecule has 0 unspecified atom stereocenters. The Kier molecular flexibility index (Phi) is 2.68. The van der Waals surface area contributed by atoms with Crippen molar-refractivity contribution in [1.82, 2.24) is 9.88 Å². The van der Waals surface area contributed by atoms with Crippen LogP contribution in [-0.4, -0.2) is 34.4 Å². The van der Waals surface area contributed by atoms with Gasteiger partial charge >= 0.3 is 0 Å². The molecule has 2 heterocycles. The van der Waals surface area contributed by atoms with Crippen molar-refractivity contribution in [2.75, 3.05) is 13.1 Å². The van der Waals surface area contributed by atoms with Gasteiger partial charge in [0.25, 0.3) is 5.91 Å². The van der Waals surface area contributed by atoms with Gasteiger partial charge < -0.3 is 10.6 Å². The highest BCUT2D eigenvalue weighted by atomic mass is 16.2. The van der Waals surface area contributed by atoms with Crippen LogP contribution in [-0.2, 0) is 0 Å². The van der Waals surface area contributed by atoms with E-state index in [2.05, 4.69) is 18.8 Å². The van der Waals surface area contributed by atoms with E-state index in [1.54, 1.807) is 23.2 Å². The lowest BCUT2D eigenvalue weighted by Gasteiger charge is -2.50. The zero-order chi connectivity index (χ0) is 11.8. The Labute approximate surface area is 95.5 Å². The number of carbonyl (C=O) groups excluding carboxylic acids is 1. The molecule has 0 saturated carbocycles. The lowest BCUT2D eigenvalue weighted by Crippen LogP contribution is -2.71. The lowest BCUT2D eigenvalue weighted by molar-refractivity contribution is 0.0270. The van der Waals surface area contributed by atoms with Gasteiger partial charge in [0.15, 0.2) is 0 Å². The minimum absolute atomic E-state index is 0.0256. The fourth-order valence-electron chi connectivity index (χ4n) is 1.82. The number of carbonyl (C=O) groups is 1. The molecule has 0 aromatic carbocycles. The van der Waals surface area contributed by atoms with E-state index in [-0.39, 0.29) is 11.4 Å². The smallest absolute Gasteiger partial charge is 0.272 e. The molecule has 1 aromatic heterocycles. The molecule has 1 amide bonds. The third-order valence-electron chi connectivity index (χ3n) is 3.29. The van der Waals surface area contributed by atoms with Crippen LogP contribution in [0.4, 0.5) is 0 Å². The second kappa shape index (κ2) is 3.87. The normalized spacial score (nSPS) is 18.4. The summed E-state index contributed by atoms with van der Waals surface area (Å²) in [7, 11) is 0. The minimum Gasteiger partial charge on any atom is -0.333 e. The summed E-state index contributed by atoms with van der Waals surface area (Å²) in [5, 5.41) is 0. The molecular weight excluding hydrogens is 202 g/mol. The maximum absolute atomic E-state index is 11.9. The lowest BCUT2D eigenvalue weighted by atomic mass is 9.80. The van der Waals surface area contributed by atoms with Gasteiger partial charge in [0, 0.05) is 19.3 Å². The maximum atomic E-state index is 11.9. The monoisotopic (exact) mass is 219 g/mol. The highest BCUT2D eigenvalue weighted by Crippen LogP contribution is 2.26. The van der Waals surface area contributed by atoms with Crippen LogP contribution in [0.25, 0.3) is 0 Å². The quantitative estimate of drug-likeness (QED) is 0.803. The Hall–Kier alpha value is -1.42. The molecule has 0 bridgehead atoms. The minimum atomic E-state index is -0.218. The summed E-state index contributed by atoms with van der Waals surface area (Å²) in [6.45, 7) is 5.42. The molecule has 2 rings (SSSR count). The molecule has 4 heteroatoms. The van der Waals surface area contributed by atoms with Crippen LogP contribution in [0.2, 0.25) is 0 Å². The van der Waals surface area contributed by atoms with Crippen LogP contribution < -0.4 is 5.73 Å². The van der Waals surface area contributed by atoms with Gasteiger partial charge in [-0.05, 0) is 18.1 Å². The van der Waals surface area contributed by atoms with Crippen LogP contribution in [0.1, 0.15) is 24.3 Å². The van der Waals surface area contributed by atoms with Crippen molar-refractivity contribution < 1.29 is 4.79 Å². The molecule has 1 aromatic rings. The average molecular weight is 219 g/mol. The van der Waals surface area contributed by atoms with Gasteiger partial charge in [-0.2, -0.15) is 0 Å². The fraction of sp³-hybridized carbons (Fsp3) is 0.500. The first-order valence-corrected chi connectivity index (χ1v) is 5.52. The number of hydrogen-bond donors (Lipinski definition) is 1. The molecule has 1 aliphatic rings. The third kappa shape index (κ3) is 1.80. The summed E-state index contributed by atoms with van der Waals surface area (Å²) in [5.74, 6) is 0.364. The summed E-state index contributed by atoms with van der Waals surface area (Å²) in [6.07, 6.45) is 1.63. The second-order valence-electron chi connectivity index (χ2n) is 4.76. The first-order valence-electron chi connectivity index (χ1n) is 5.52. The van der Waals surface area contributed by atoms with Gasteiger partial charge in [-0.1, -0.05) is 19.9 Å². The number of amides is 1. The summed E-state index contributed by atoms with van der Waals surface area (Å²) in [4.78, 5) is 17.7. The number of likely N-dealkylation sites (tertiary alicyclic amines) is 1. The van der Waals surface area contributed by atoms with Crippen LogP contribution in [0.5, 0.6) is 0 Å². The van der Waals surface area contributed by atoms with E-state index in [1.807, 2.05) is 6.07 Å². The van der Waals surface area contributed by atoms with Gasteiger partial charge in [-0.3, -0.25) is 9.78 Å². The van der Waals surface area contributed by atoms with Crippen molar-refractivity contribution in [1.29, 1.82) is 0 Å². The third-order valence-corrected chi connectivity index (χ3v) is 3.29. The molecule has 0 radical (unpaired) electrons. The first kappa shape index (κ1) is 11.1. The summed E-state index contributed by atoms with van der Waals surface area (Å²) in [5.41, 5.74) is 6.41. The molecule has 0 atom stereocenters. The van der Waals surface area contributed by atoms with Gasteiger partial charge in [0.05, 0.1) is 5.54 Å². The zero-order valence-corrected chi connectivity index (χ0v) is 9.68. The number of nitrogens with two attached hydrogens (primary N) is 1. The number of nitrogens with zero attached hydrogens (tertiary/aromatic N) is 2. The van der Waals surface area contributed by atoms with Gasteiger partial charge in [-0.15, -0.1) is 0 Å². The van der Waals surface area contributed by atoms with Crippen LogP contribution >= 0.6 is 0 Å². The van der Waals surface area contributed by atoms with Gasteiger partial charge in [0.1, 0.15) is 5.69 Å². The average Bonchev–Trinajstić information content (AvgIpc) is 2.25. The van der Waals surface area contributed by atoms with Crippen molar-refractivity contribution in [3.05, 3.63) is 30.1 Å². The molecular formula is C12H17N3O. The van der Waals surface area contributed by atoms with E-state index in [1.165, 1.54) is 0 Å². The van der Waals surface area contributed by atoms with Crippen LogP contribution in [0.15, 0.2) is 24.4 Å². The van der Waals surface area contributed by atoms with Crippen molar-refractivity contribution in [3.8, 4) is 0 Å². The van der Waals surface area contributed by atoms with E-state index < -0.39 is 0 Å². The molecule has 0 aliphatic carbocycles. The van der Waals surface area contributed by atoms with Crippen molar-refractivity contribution in [3.63, 3.8) is 0 Å². The molecule has 2 N–H and O–H groups in total. The van der Waals surface area contributed by atoms with E-state index in [0.29, 0.717) is 24.7 Å². The summed E-state index contributed by atoms with van der Waals surface area (Å²) < 4.78 is 0. The Morgan fingerprint density at radius 3 is 2.69 bits per heavy atom. The summed E-state index contributed by atoms with van der Waals surface area (Å²) >= 11 is 0. The molecule has 1 aliphatic heterocycles. The fourth-order valence-corrected chi connectivity index (χ4v) is 1.82. The van der Waals surface area contributed by atoms with Crippen molar-refractivity contribution in [2.45, 2.75) is 19.4 Å². The number of hydrogen-bond acceptors (Lipinski definition) is 3. The van der Waals surface area contributed by atoms with E-state index in [0.717, 1.165) is 0 Å². The molecule has 16 heavy (non-hydrogen) atoms. The summed E-state index contributed by atoms with van der Waals surface area (Å²) in [6, 6.07) is 5.35. The van der Waals surface area contributed by atoms with Gasteiger partial charge in [-0.25, -0.2) is 0 Å². The molecule has 4 nitrogen and oxygen atoms in total. The Bertz CT molecular complexity index is 383. The highest BCUT2D eigenvalue weighted by molar-refractivity contribution is 5.93. The van der Waals surface area contributed by atoms with Crippen molar-refractivity contribution in [2.24, 2.45) is 11.7 Å². The molecule has 0 spiro atoms. The molecule has 86 valence electrons. The predicted molar refractivity (Wildman–Crippen MR) is 61.9 cm³/mol. The standard InChI is InChI=1S/C12H17N3O/c1-9(2)12(13)7-15(8-12)11(16)10-5-3-4-6-14-10/h3-6,9H,7-8,13H2,1-2H3. The largest absolute Gasteiger partial charge is 0.333 e. The van der Waals surface area contributed by atoms with Crippen molar-refractivity contribution >= 4 is 5.91 Å².